The number of hydrogen-bond acceptors (Lipinski definition) is 5. The minimum atomic E-state index is -0.267. The number of ether oxygens (including phenoxy) is 1. The van der Waals surface area contributed by atoms with E-state index in [1.807, 2.05) is 11.0 Å². The Morgan fingerprint density at radius 1 is 1.19 bits per heavy atom. The maximum absolute atomic E-state index is 13.3. The maximum Gasteiger partial charge on any atom is 0.321 e. The zero-order valence-corrected chi connectivity index (χ0v) is 19.7. The van der Waals surface area contributed by atoms with E-state index in [0.29, 0.717) is 19.7 Å². The molecule has 1 aliphatic carbocycles. The number of hydrogen-bond donors (Lipinski definition) is 2. The minimum absolute atomic E-state index is 0.0267. The van der Waals surface area contributed by atoms with E-state index in [0.717, 1.165) is 32.1 Å². The molecule has 0 atom stereocenters. The van der Waals surface area contributed by atoms with Gasteiger partial charge < -0.3 is 25.0 Å². The highest BCUT2D eigenvalue weighted by atomic mass is 16.5. The number of rotatable bonds is 10. The third-order valence-electron chi connectivity index (χ3n) is 7.23. The Morgan fingerprint density at radius 2 is 1.88 bits per heavy atom. The zero-order chi connectivity index (χ0) is 23.2. The Bertz CT molecular complexity index is 763. The molecule has 1 aliphatic heterocycles. The van der Waals surface area contributed by atoms with Crippen LogP contribution in [0.25, 0.3) is 0 Å². The molecule has 0 unspecified atom stereocenters. The van der Waals surface area contributed by atoms with E-state index in [-0.39, 0.29) is 42.7 Å². The first kappa shape index (κ1) is 24.5. The molecule has 1 heterocycles. The van der Waals surface area contributed by atoms with Gasteiger partial charge in [0.15, 0.2) is 0 Å². The molecule has 2 aliphatic rings. The molecule has 1 saturated heterocycles. The largest absolute Gasteiger partial charge is 0.395 e. The molecule has 8 heteroatoms. The van der Waals surface area contributed by atoms with Gasteiger partial charge in [0, 0.05) is 38.9 Å². The molecule has 8 nitrogen and oxygen atoms in total. The van der Waals surface area contributed by atoms with Crippen LogP contribution < -0.4 is 5.32 Å². The number of carbonyl (C=O) groups excluding carboxylic acids is 2. The number of carbonyl (C=O) groups is 2. The summed E-state index contributed by atoms with van der Waals surface area (Å²) in [6.07, 6.45) is 4.43. The first-order chi connectivity index (χ1) is 15.4. The van der Waals surface area contributed by atoms with Gasteiger partial charge >= 0.3 is 6.03 Å². The highest BCUT2D eigenvalue weighted by Gasteiger charge is 2.54. The quantitative estimate of drug-likeness (QED) is 0.534. The van der Waals surface area contributed by atoms with Crippen molar-refractivity contribution in [1.29, 1.82) is 0 Å². The second-order valence-electron chi connectivity index (χ2n) is 9.23. The fourth-order valence-corrected chi connectivity index (χ4v) is 5.43. The topological polar surface area (TPSA) is 85.3 Å². The molecule has 1 spiro atoms. The van der Waals surface area contributed by atoms with Crippen molar-refractivity contribution in [2.75, 3.05) is 60.6 Å². The van der Waals surface area contributed by atoms with E-state index in [2.05, 4.69) is 48.6 Å². The van der Waals surface area contributed by atoms with Gasteiger partial charge in [-0.2, -0.15) is 0 Å². The van der Waals surface area contributed by atoms with E-state index in [9.17, 15) is 9.59 Å². The van der Waals surface area contributed by atoms with Crippen molar-refractivity contribution in [3.8, 4) is 0 Å². The van der Waals surface area contributed by atoms with Crippen molar-refractivity contribution in [2.45, 2.75) is 43.2 Å². The van der Waals surface area contributed by atoms with Crippen molar-refractivity contribution in [2.24, 2.45) is 0 Å². The lowest BCUT2D eigenvalue weighted by molar-refractivity contribution is -0.121. The van der Waals surface area contributed by atoms with E-state index in [1.54, 1.807) is 12.0 Å². The van der Waals surface area contributed by atoms with Crippen LogP contribution in [-0.2, 0) is 15.1 Å². The number of aliphatic hydroxyl groups excluding tert-OH is 1. The number of nitrogens with one attached hydrogen (secondary N) is 1. The second kappa shape index (κ2) is 10.6. The van der Waals surface area contributed by atoms with Crippen molar-refractivity contribution < 1.29 is 19.4 Å². The minimum Gasteiger partial charge on any atom is -0.395 e. The molecule has 3 rings (SSSR count). The van der Waals surface area contributed by atoms with Crippen molar-refractivity contribution >= 4 is 11.9 Å². The van der Waals surface area contributed by atoms with Gasteiger partial charge in [0.25, 0.3) is 0 Å². The molecular weight excluding hydrogens is 408 g/mol. The first-order valence-corrected chi connectivity index (χ1v) is 11.5. The van der Waals surface area contributed by atoms with Crippen LogP contribution in [0.1, 0.15) is 37.7 Å². The van der Waals surface area contributed by atoms with E-state index in [1.165, 1.54) is 5.56 Å². The summed E-state index contributed by atoms with van der Waals surface area (Å²) in [5.74, 6) is -0.232. The standard InChI is InChI=1S/C24H38N4O4/c1-26(2)24(20-8-5-4-6-9-20)12-10-23(11-13-24)19-27(18-21(30)25-14-16-29)22(31)28(23)15-7-17-32-3/h4-6,8-9,29H,7,10-19H2,1-3H3,(H,25,30)/t23-,24-. The normalized spacial score (nSPS) is 25.7. The maximum atomic E-state index is 13.3. The van der Waals surface area contributed by atoms with Crippen LogP contribution >= 0.6 is 0 Å². The highest BCUT2D eigenvalue weighted by Crippen LogP contribution is 2.48. The van der Waals surface area contributed by atoms with Crippen molar-refractivity contribution in [3.63, 3.8) is 0 Å². The molecule has 2 N–H and O–H groups in total. The summed E-state index contributed by atoms with van der Waals surface area (Å²) in [6.45, 7) is 1.90. The monoisotopic (exact) mass is 446 g/mol. The summed E-state index contributed by atoms with van der Waals surface area (Å²) in [5.41, 5.74) is 0.992. The zero-order valence-electron chi connectivity index (χ0n) is 19.7. The fraction of sp³-hybridized carbons (Fsp3) is 0.667. The predicted molar refractivity (Wildman–Crippen MR) is 123 cm³/mol. The Labute approximate surface area is 191 Å². The van der Waals surface area contributed by atoms with Crippen LogP contribution in [0.4, 0.5) is 4.79 Å². The van der Waals surface area contributed by atoms with Crippen LogP contribution in [0.3, 0.4) is 0 Å². The molecular formula is C24H38N4O4. The molecule has 32 heavy (non-hydrogen) atoms. The SMILES string of the molecule is COCCCN1C(=O)N(CC(=O)NCCO)C[C@]12CC[C@@](c1ccccc1)(N(C)C)CC2. The van der Waals surface area contributed by atoms with Gasteiger partial charge in [-0.3, -0.25) is 9.69 Å². The van der Waals surface area contributed by atoms with E-state index >= 15 is 0 Å². The van der Waals surface area contributed by atoms with Gasteiger partial charge in [-0.15, -0.1) is 0 Å². The summed E-state index contributed by atoms with van der Waals surface area (Å²) in [4.78, 5) is 31.6. The number of amides is 3. The van der Waals surface area contributed by atoms with Crippen LogP contribution in [0.2, 0.25) is 0 Å². The van der Waals surface area contributed by atoms with Crippen LogP contribution in [0.15, 0.2) is 30.3 Å². The third-order valence-corrected chi connectivity index (χ3v) is 7.23. The summed E-state index contributed by atoms with van der Waals surface area (Å²) >= 11 is 0. The lowest BCUT2D eigenvalue weighted by atomic mass is 9.68. The number of methoxy groups -OCH3 is 1. The molecule has 0 aromatic heterocycles. The highest BCUT2D eigenvalue weighted by molar-refractivity contribution is 5.86. The van der Waals surface area contributed by atoms with Crippen LogP contribution in [0.5, 0.6) is 0 Å². The van der Waals surface area contributed by atoms with Gasteiger partial charge in [-0.1, -0.05) is 30.3 Å². The smallest absolute Gasteiger partial charge is 0.321 e. The molecule has 1 aromatic rings. The van der Waals surface area contributed by atoms with Crippen LogP contribution in [-0.4, -0.2) is 97.9 Å². The lowest BCUT2D eigenvalue weighted by Crippen LogP contribution is -2.55. The summed E-state index contributed by atoms with van der Waals surface area (Å²) in [6, 6.07) is 10.6. The first-order valence-electron chi connectivity index (χ1n) is 11.5. The molecule has 0 bridgehead atoms. The average Bonchev–Trinajstić information content (AvgIpc) is 3.04. The second-order valence-corrected chi connectivity index (χ2v) is 9.23. The number of nitrogens with zero attached hydrogens (tertiary/aromatic N) is 3. The Balaban J connectivity index is 1.80. The third kappa shape index (κ3) is 4.92. The number of benzene rings is 1. The summed E-state index contributed by atoms with van der Waals surface area (Å²) in [5, 5.41) is 11.6. The lowest BCUT2D eigenvalue weighted by Gasteiger charge is -2.51. The Hall–Kier alpha value is -2.16. The Morgan fingerprint density at radius 3 is 2.47 bits per heavy atom. The molecule has 1 aromatic carbocycles. The van der Waals surface area contributed by atoms with Gasteiger partial charge in [0.05, 0.1) is 12.1 Å². The van der Waals surface area contributed by atoms with Crippen molar-refractivity contribution in [3.05, 3.63) is 35.9 Å². The molecule has 178 valence electrons. The number of urea groups is 1. The van der Waals surface area contributed by atoms with Gasteiger partial charge in [-0.25, -0.2) is 4.79 Å². The van der Waals surface area contributed by atoms with E-state index < -0.39 is 0 Å². The van der Waals surface area contributed by atoms with Gasteiger partial charge in [0.1, 0.15) is 6.54 Å². The fourth-order valence-electron chi connectivity index (χ4n) is 5.43. The molecule has 1 saturated carbocycles. The van der Waals surface area contributed by atoms with Gasteiger partial charge in [0.2, 0.25) is 5.91 Å². The number of aliphatic hydroxyl groups is 1. The summed E-state index contributed by atoms with van der Waals surface area (Å²) in [7, 11) is 5.95. The molecule has 0 radical (unpaired) electrons. The average molecular weight is 447 g/mol. The van der Waals surface area contributed by atoms with Crippen LogP contribution in [0, 0.1) is 0 Å². The van der Waals surface area contributed by atoms with E-state index in [4.69, 9.17) is 9.84 Å². The van der Waals surface area contributed by atoms with Gasteiger partial charge in [-0.05, 0) is 51.8 Å². The van der Waals surface area contributed by atoms with Crippen molar-refractivity contribution in [1.82, 2.24) is 20.0 Å². The predicted octanol–water partition coefficient (Wildman–Crippen LogP) is 1.64. The molecule has 3 amide bonds. The molecule has 2 fully saturated rings. The Kier molecular flexibility index (Phi) is 8.14. The summed E-state index contributed by atoms with van der Waals surface area (Å²) < 4.78 is 5.22.